The average molecular weight is 285 g/mol. The Bertz CT molecular complexity index is 556. The highest BCUT2D eigenvalue weighted by molar-refractivity contribution is 7.81. The molecule has 1 aromatic rings. The summed E-state index contributed by atoms with van der Waals surface area (Å²) in [4.78, 5) is 3.18. The SMILES string of the molecule is CC1=NN(c2ccccc2)C(=S)/C1=C\N1CCCCC1. The van der Waals surface area contributed by atoms with Gasteiger partial charge in [0.2, 0.25) is 0 Å². The number of hydrogen-bond donors (Lipinski definition) is 0. The van der Waals surface area contributed by atoms with Crippen molar-refractivity contribution in [3.8, 4) is 0 Å². The highest BCUT2D eigenvalue weighted by Gasteiger charge is 2.25. The fourth-order valence-electron chi connectivity index (χ4n) is 2.64. The summed E-state index contributed by atoms with van der Waals surface area (Å²) in [5.41, 5.74) is 3.12. The zero-order valence-electron chi connectivity index (χ0n) is 11.7. The van der Waals surface area contributed by atoms with E-state index < -0.39 is 0 Å². The third-order valence-corrected chi connectivity index (χ3v) is 4.16. The van der Waals surface area contributed by atoms with Crippen LogP contribution in [0.4, 0.5) is 5.69 Å². The van der Waals surface area contributed by atoms with Crippen molar-refractivity contribution in [1.82, 2.24) is 4.90 Å². The standard InChI is InChI=1S/C16H19N3S/c1-13-15(12-18-10-6-3-7-11-18)16(20)19(17-13)14-8-4-2-5-9-14/h2,4-5,8-9,12H,3,6-7,10-11H2,1H3/b15-12-. The fraction of sp³-hybridized carbons (Fsp3) is 0.375. The van der Waals surface area contributed by atoms with Crippen molar-refractivity contribution in [3.63, 3.8) is 0 Å². The molecular formula is C16H19N3S. The molecule has 2 aliphatic rings. The second-order valence-corrected chi connectivity index (χ2v) is 5.66. The summed E-state index contributed by atoms with van der Waals surface area (Å²) in [6, 6.07) is 10.1. The van der Waals surface area contributed by atoms with Gasteiger partial charge < -0.3 is 4.90 Å². The van der Waals surface area contributed by atoms with Crippen LogP contribution in [0.5, 0.6) is 0 Å². The normalized spacial score (nSPS) is 21.6. The van der Waals surface area contributed by atoms with Crippen LogP contribution in [-0.4, -0.2) is 28.7 Å². The van der Waals surface area contributed by atoms with Crippen molar-refractivity contribution in [2.45, 2.75) is 26.2 Å². The number of likely N-dealkylation sites (tertiary alicyclic amines) is 1. The van der Waals surface area contributed by atoms with E-state index in [1.165, 1.54) is 19.3 Å². The van der Waals surface area contributed by atoms with Gasteiger partial charge in [-0.25, -0.2) is 5.01 Å². The first-order chi connectivity index (χ1) is 9.75. The number of hydrazone groups is 1. The van der Waals surface area contributed by atoms with E-state index in [9.17, 15) is 0 Å². The van der Waals surface area contributed by atoms with E-state index in [0.29, 0.717) is 0 Å². The Morgan fingerprint density at radius 1 is 1.10 bits per heavy atom. The molecule has 3 nitrogen and oxygen atoms in total. The first-order valence-corrected chi connectivity index (χ1v) is 7.57. The largest absolute Gasteiger partial charge is 0.377 e. The maximum absolute atomic E-state index is 5.61. The summed E-state index contributed by atoms with van der Waals surface area (Å²) in [5.74, 6) is 0. The number of rotatable bonds is 2. The second kappa shape index (κ2) is 5.75. The Kier molecular flexibility index (Phi) is 3.83. The van der Waals surface area contributed by atoms with Crippen LogP contribution >= 0.6 is 12.2 Å². The molecule has 3 rings (SSSR count). The second-order valence-electron chi connectivity index (χ2n) is 5.28. The number of anilines is 1. The minimum Gasteiger partial charge on any atom is -0.377 e. The fourth-order valence-corrected chi connectivity index (χ4v) is 2.99. The lowest BCUT2D eigenvalue weighted by Crippen LogP contribution is -2.27. The van der Waals surface area contributed by atoms with Crippen LogP contribution in [0, 0.1) is 0 Å². The van der Waals surface area contributed by atoms with Gasteiger partial charge in [0.05, 0.1) is 17.0 Å². The third-order valence-electron chi connectivity index (χ3n) is 3.77. The van der Waals surface area contributed by atoms with E-state index in [4.69, 9.17) is 12.2 Å². The van der Waals surface area contributed by atoms with Gasteiger partial charge >= 0.3 is 0 Å². The molecule has 0 radical (unpaired) electrons. The Morgan fingerprint density at radius 2 is 1.80 bits per heavy atom. The predicted octanol–water partition coefficient (Wildman–Crippen LogP) is 3.58. The van der Waals surface area contributed by atoms with E-state index in [2.05, 4.69) is 16.2 Å². The number of hydrogen-bond acceptors (Lipinski definition) is 3. The quantitative estimate of drug-likeness (QED) is 0.611. The van der Waals surface area contributed by atoms with Gasteiger partial charge in [0.25, 0.3) is 0 Å². The molecule has 20 heavy (non-hydrogen) atoms. The van der Waals surface area contributed by atoms with Crippen molar-refractivity contribution in [3.05, 3.63) is 42.1 Å². The predicted molar refractivity (Wildman–Crippen MR) is 88.1 cm³/mol. The van der Waals surface area contributed by atoms with Crippen LogP contribution in [0.3, 0.4) is 0 Å². The lowest BCUT2D eigenvalue weighted by Gasteiger charge is -2.25. The Labute approximate surface area is 125 Å². The molecular weight excluding hydrogens is 266 g/mol. The minimum absolute atomic E-state index is 0.805. The molecule has 0 saturated carbocycles. The van der Waals surface area contributed by atoms with E-state index in [1.807, 2.05) is 42.3 Å². The lowest BCUT2D eigenvalue weighted by molar-refractivity contribution is 0.309. The number of piperidine rings is 1. The van der Waals surface area contributed by atoms with Gasteiger partial charge in [-0.2, -0.15) is 5.10 Å². The van der Waals surface area contributed by atoms with Gasteiger partial charge in [-0.3, -0.25) is 0 Å². The van der Waals surface area contributed by atoms with Gasteiger partial charge in [0.15, 0.2) is 0 Å². The van der Waals surface area contributed by atoms with Crippen LogP contribution in [-0.2, 0) is 0 Å². The monoisotopic (exact) mass is 285 g/mol. The summed E-state index contributed by atoms with van der Waals surface area (Å²) >= 11 is 5.61. The van der Waals surface area contributed by atoms with E-state index >= 15 is 0 Å². The van der Waals surface area contributed by atoms with Gasteiger partial charge in [0, 0.05) is 19.3 Å². The molecule has 0 N–H and O–H groups in total. The summed E-state index contributed by atoms with van der Waals surface area (Å²) in [5, 5.41) is 6.46. The van der Waals surface area contributed by atoms with Crippen LogP contribution in [0.1, 0.15) is 26.2 Å². The number of benzene rings is 1. The molecule has 2 aliphatic heterocycles. The van der Waals surface area contributed by atoms with Crippen molar-refractivity contribution >= 4 is 28.6 Å². The molecule has 0 bridgehead atoms. The number of para-hydroxylation sites is 1. The molecule has 2 heterocycles. The first-order valence-electron chi connectivity index (χ1n) is 7.16. The van der Waals surface area contributed by atoms with Gasteiger partial charge in [-0.15, -0.1) is 0 Å². The lowest BCUT2D eigenvalue weighted by atomic mass is 10.1. The van der Waals surface area contributed by atoms with Crippen molar-refractivity contribution in [1.29, 1.82) is 0 Å². The summed E-state index contributed by atoms with van der Waals surface area (Å²) in [6.45, 7) is 4.29. The van der Waals surface area contributed by atoms with Crippen LogP contribution < -0.4 is 5.01 Å². The van der Waals surface area contributed by atoms with E-state index in [0.717, 1.165) is 35.1 Å². The zero-order chi connectivity index (χ0) is 13.9. The van der Waals surface area contributed by atoms with Crippen molar-refractivity contribution < 1.29 is 0 Å². The highest BCUT2D eigenvalue weighted by Crippen LogP contribution is 2.25. The summed E-state index contributed by atoms with van der Waals surface area (Å²) in [7, 11) is 0. The van der Waals surface area contributed by atoms with E-state index in [-0.39, 0.29) is 0 Å². The molecule has 104 valence electrons. The Morgan fingerprint density at radius 3 is 2.50 bits per heavy atom. The number of nitrogens with zero attached hydrogens (tertiary/aromatic N) is 3. The Balaban J connectivity index is 1.83. The molecule has 4 heteroatoms. The molecule has 1 saturated heterocycles. The maximum Gasteiger partial charge on any atom is 0.138 e. The molecule has 0 aliphatic carbocycles. The van der Waals surface area contributed by atoms with Crippen LogP contribution in [0.15, 0.2) is 47.2 Å². The molecule has 1 fully saturated rings. The van der Waals surface area contributed by atoms with E-state index in [1.54, 1.807) is 0 Å². The molecule has 0 spiro atoms. The minimum atomic E-state index is 0.805. The average Bonchev–Trinajstić information content (AvgIpc) is 2.77. The topological polar surface area (TPSA) is 18.8 Å². The maximum atomic E-state index is 5.61. The summed E-state index contributed by atoms with van der Waals surface area (Å²) < 4.78 is 0. The van der Waals surface area contributed by atoms with Crippen LogP contribution in [0.2, 0.25) is 0 Å². The Hall–Kier alpha value is -1.68. The smallest absolute Gasteiger partial charge is 0.138 e. The number of thiocarbonyl (C=S) groups is 1. The molecule has 1 aromatic carbocycles. The first kappa shape index (κ1) is 13.3. The van der Waals surface area contributed by atoms with Gasteiger partial charge in [0.1, 0.15) is 4.99 Å². The molecule has 0 aromatic heterocycles. The molecule has 0 amide bonds. The molecule has 0 atom stereocenters. The third kappa shape index (κ3) is 2.61. The summed E-state index contributed by atoms with van der Waals surface area (Å²) in [6.07, 6.45) is 6.08. The zero-order valence-corrected chi connectivity index (χ0v) is 12.6. The van der Waals surface area contributed by atoms with Crippen molar-refractivity contribution in [2.75, 3.05) is 18.1 Å². The van der Waals surface area contributed by atoms with Gasteiger partial charge in [-0.05, 0) is 38.3 Å². The van der Waals surface area contributed by atoms with Crippen molar-refractivity contribution in [2.24, 2.45) is 5.10 Å². The van der Waals surface area contributed by atoms with Gasteiger partial charge in [-0.1, -0.05) is 30.4 Å². The highest BCUT2D eigenvalue weighted by atomic mass is 32.1. The molecule has 0 unspecified atom stereocenters. The van der Waals surface area contributed by atoms with Crippen LogP contribution in [0.25, 0.3) is 0 Å².